The molecule has 0 spiro atoms. The molecule has 0 radical (unpaired) electrons. The molecule has 2 aliphatic heterocycles. The lowest BCUT2D eigenvalue weighted by atomic mass is 10.1. The summed E-state index contributed by atoms with van der Waals surface area (Å²) in [6.07, 6.45) is 1.77. The van der Waals surface area contributed by atoms with Crippen LogP contribution in [0.4, 0.5) is 0 Å². The van der Waals surface area contributed by atoms with Crippen molar-refractivity contribution in [3.63, 3.8) is 0 Å². The topological polar surface area (TPSA) is 116 Å². The Bertz CT molecular complexity index is 1170. The van der Waals surface area contributed by atoms with Crippen molar-refractivity contribution in [3.8, 4) is 0 Å². The Morgan fingerprint density at radius 3 is 2.26 bits per heavy atom. The second-order valence-corrected chi connectivity index (χ2v) is 10.7. The molecule has 2 heterocycles. The SMILES string of the molecule is Cc1ccc(CN2C[C@H](C(=O)NNC(=O)c3ccc(S(=O)(=O)N4CCCC4)cc3)CC2=O)cc1. The normalized spacial score (nSPS) is 18.8. The number of nitrogens with one attached hydrogen (secondary N) is 2. The molecule has 180 valence electrons. The molecule has 34 heavy (non-hydrogen) atoms. The Morgan fingerprint density at radius 2 is 1.62 bits per heavy atom. The summed E-state index contributed by atoms with van der Waals surface area (Å²) in [5, 5.41) is 0. The average Bonchev–Trinajstić information content (AvgIpc) is 3.50. The van der Waals surface area contributed by atoms with E-state index in [0.717, 1.165) is 24.0 Å². The monoisotopic (exact) mass is 484 g/mol. The molecule has 2 aromatic carbocycles. The van der Waals surface area contributed by atoms with Crippen molar-refractivity contribution in [2.75, 3.05) is 19.6 Å². The van der Waals surface area contributed by atoms with Crippen LogP contribution >= 0.6 is 0 Å². The van der Waals surface area contributed by atoms with Crippen molar-refractivity contribution in [2.45, 2.75) is 37.6 Å². The van der Waals surface area contributed by atoms with E-state index in [2.05, 4.69) is 10.9 Å². The Morgan fingerprint density at radius 1 is 0.971 bits per heavy atom. The Kier molecular flexibility index (Phi) is 6.99. The molecule has 3 amide bonds. The number of hydrogen-bond acceptors (Lipinski definition) is 5. The van der Waals surface area contributed by atoms with Gasteiger partial charge in [-0.25, -0.2) is 8.42 Å². The van der Waals surface area contributed by atoms with Crippen LogP contribution in [0.2, 0.25) is 0 Å². The zero-order chi connectivity index (χ0) is 24.3. The molecule has 2 saturated heterocycles. The summed E-state index contributed by atoms with van der Waals surface area (Å²) in [7, 11) is -3.56. The van der Waals surface area contributed by atoms with Crippen LogP contribution in [0, 0.1) is 12.8 Å². The minimum Gasteiger partial charge on any atom is -0.338 e. The quantitative estimate of drug-likeness (QED) is 0.604. The highest BCUT2D eigenvalue weighted by Crippen LogP contribution is 2.22. The minimum absolute atomic E-state index is 0.0800. The molecular weight excluding hydrogens is 456 g/mol. The molecule has 2 N–H and O–H groups in total. The molecule has 4 rings (SSSR count). The van der Waals surface area contributed by atoms with Gasteiger partial charge in [0.1, 0.15) is 0 Å². The van der Waals surface area contributed by atoms with Gasteiger partial charge in [0.2, 0.25) is 21.8 Å². The highest BCUT2D eigenvalue weighted by Gasteiger charge is 2.34. The van der Waals surface area contributed by atoms with E-state index in [9.17, 15) is 22.8 Å². The Labute approximate surface area is 199 Å². The second kappa shape index (κ2) is 9.94. The van der Waals surface area contributed by atoms with Crippen molar-refractivity contribution in [1.82, 2.24) is 20.1 Å². The van der Waals surface area contributed by atoms with Crippen LogP contribution in [0.1, 0.15) is 40.7 Å². The van der Waals surface area contributed by atoms with Crippen molar-refractivity contribution >= 4 is 27.7 Å². The van der Waals surface area contributed by atoms with Crippen LogP contribution in [0.25, 0.3) is 0 Å². The summed E-state index contributed by atoms with van der Waals surface area (Å²) >= 11 is 0. The lowest BCUT2D eigenvalue weighted by molar-refractivity contribution is -0.129. The first kappa shape index (κ1) is 23.9. The van der Waals surface area contributed by atoms with E-state index >= 15 is 0 Å². The smallest absolute Gasteiger partial charge is 0.269 e. The molecule has 2 fully saturated rings. The number of benzene rings is 2. The molecule has 2 aliphatic rings. The fraction of sp³-hybridized carbons (Fsp3) is 0.375. The Balaban J connectivity index is 1.29. The summed E-state index contributed by atoms with van der Waals surface area (Å²) in [6, 6.07) is 13.5. The first-order valence-corrected chi connectivity index (χ1v) is 12.7. The van der Waals surface area contributed by atoms with E-state index in [4.69, 9.17) is 0 Å². The number of hydrazine groups is 1. The summed E-state index contributed by atoms with van der Waals surface area (Å²) < 4.78 is 26.6. The van der Waals surface area contributed by atoms with Gasteiger partial charge in [0.25, 0.3) is 5.91 Å². The Hall–Kier alpha value is -3.24. The van der Waals surface area contributed by atoms with Gasteiger partial charge in [0.15, 0.2) is 0 Å². The van der Waals surface area contributed by atoms with Gasteiger partial charge in [0.05, 0.1) is 10.8 Å². The first-order valence-electron chi connectivity index (χ1n) is 11.3. The number of hydrogen-bond donors (Lipinski definition) is 2. The zero-order valence-electron chi connectivity index (χ0n) is 19.0. The number of likely N-dealkylation sites (tertiary alicyclic amines) is 1. The van der Waals surface area contributed by atoms with E-state index in [0.29, 0.717) is 19.6 Å². The van der Waals surface area contributed by atoms with Crippen LogP contribution in [0.5, 0.6) is 0 Å². The maximum atomic E-state index is 12.6. The van der Waals surface area contributed by atoms with Crippen LogP contribution in [-0.4, -0.2) is 55.0 Å². The molecular formula is C24H28N4O5S. The number of amides is 3. The van der Waals surface area contributed by atoms with Crippen LogP contribution in [0.3, 0.4) is 0 Å². The second-order valence-electron chi connectivity index (χ2n) is 8.74. The molecule has 10 heteroatoms. The maximum absolute atomic E-state index is 12.6. The number of aryl methyl sites for hydroxylation is 1. The van der Waals surface area contributed by atoms with Gasteiger partial charge in [-0.3, -0.25) is 25.2 Å². The summed E-state index contributed by atoms with van der Waals surface area (Å²) in [5.41, 5.74) is 7.06. The van der Waals surface area contributed by atoms with Gasteiger partial charge in [-0.05, 0) is 49.6 Å². The third kappa shape index (κ3) is 5.28. The zero-order valence-corrected chi connectivity index (χ0v) is 19.8. The summed E-state index contributed by atoms with van der Waals surface area (Å²) in [6.45, 7) is 3.70. The van der Waals surface area contributed by atoms with Crippen LogP contribution in [0.15, 0.2) is 53.4 Å². The number of carbonyl (C=O) groups excluding carboxylic acids is 3. The minimum atomic E-state index is -3.56. The fourth-order valence-corrected chi connectivity index (χ4v) is 5.68. The van der Waals surface area contributed by atoms with E-state index < -0.39 is 27.8 Å². The maximum Gasteiger partial charge on any atom is 0.269 e. The van der Waals surface area contributed by atoms with E-state index in [1.54, 1.807) is 4.90 Å². The predicted octanol–water partition coefficient (Wildman–Crippen LogP) is 1.59. The van der Waals surface area contributed by atoms with Gasteiger partial charge >= 0.3 is 0 Å². The van der Waals surface area contributed by atoms with Crippen molar-refractivity contribution in [2.24, 2.45) is 5.92 Å². The first-order chi connectivity index (χ1) is 16.2. The van der Waals surface area contributed by atoms with Crippen molar-refractivity contribution in [1.29, 1.82) is 0 Å². The van der Waals surface area contributed by atoms with Gasteiger partial charge < -0.3 is 4.90 Å². The third-order valence-corrected chi connectivity index (χ3v) is 8.11. The van der Waals surface area contributed by atoms with E-state index in [-0.39, 0.29) is 29.3 Å². The summed E-state index contributed by atoms with van der Waals surface area (Å²) in [5.74, 6) is -1.69. The summed E-state index contributed by atoms with van der Waals surface area (Å²) in [4.78, 5) is 39.0. The third-order valence-electron chi connectivity index (χ3n) is 6.20. The number of rotatable bonds is 6. The molecule has 1 atom stereocenters. The lowest BCUT2D eigenvalue weighted by Crippen LogP contribution is -2.45. The average molecular weight is 485 g/mol. The van der Waals surface area contributed by atoms with E-state index in [1.807, 2.05) is 31.2 Å². The number of sulfonamides is 1. The molecule has 9 nitrogen and oxygen atoms in total. The number of nitrogens with zero attached hydrogens (tertiary/aromatic N) is 2. The van der Waals surface area contributed by atoms with Gasteiger partial charge in [-0.15, -0.1) is 0 Å². The fourth-order valence-electron chi connectivity index (χ4n) is 4.16. The van der Waals surface area contributed by atoms with Crippen molar-refractivity contribution in [3.05, 3.63) is 65.2 Å². The molecule has 2 aromatic rings. The van der Waals surface area contributed by atoms with E-state index in [1.165, 1.54) is 28.6 Å². The van der Waals surface area contributed by atoms with Crippen molar-refractivity contribution < 1.29 is 22.8 Å². The number of carbonyl (C=O) groups is 3. The lowest BCUT2D eigenvalue weighted by Gasteiger charge is -2.17. The molecule has 0 saturated carbocycles. The largest absolute Gasteiger partial charge is 0.338 e. The molecule has 0 unspecified atom stereocenters. The molecule has 0 aliphatic carbocycles. The van der Waals surface area contributed by atoms with Crippen LogP contribution < -0.4 is 10.9 Å². The van der Waals surface area contributed by atoms with Gasteiger partial charge in [-0.2, -0.15) is 4.31 Å². The standard InChI is InChI=1S/C24H28N4O5S/c1-17-4-6-18(7-5-17)15-27-16-20(14-22(27)29)24(31)26-25-23(30)19-8-10-21(11-9-19)34(32,33)28-12-2-3-13-28/h4-11,20H,2-3,12-16H2,1H3,(H,25,30)(H,26,31)/t20-/m1/s1. The van der Waals surface area contributed by atoms with Crippen LogP contribution in [-0.2, 0) is 26.2 Å². The highest BCUT2D eigenvalue weighted by molar-refractivity contribution is 7.89. The van der Waals surface area contributed by atoms with Gasteiger partial charge in [0, 0.05) is 38.2 Å². The highest BCUT2D eigenvalue weighted by atomic mass is 32.2. The van der Waals surface area contributed by atoms with Gasteiger partial charge in [-0.1, -0.05) is 29.8 Å². The predicted molar refractivity (Wildman–Crippen MR) is 125 cm³/mol. The molecule has 0 bridgehead atoms. The molecule has 0 aromatic heterocycles.